The quantitative estimate of drug-likeness (QED) is 0.843. The number of hydrogen-bond acceptors (Lipinski definition) is 4. The van der Waals surface area contributed by atoms with Crippen LogP contribution in [0.1, 0.15) is 37.0 Å². The van der Waals surface area contributed by atoms with E-state index in [0.29, 0.717) is 4.32 Å². The molecule has 2 amide bonds. The van der Waals surface area contributed by atoms with Crippen LogP contribution in [-0.2, 0) is 9.59 Å². The molecule has 23 heavy (non-hydrogen) atoms. The number of rotatable bonds is 4. The van der Waals surface area contributed by atoms with Gasteiger partial charge in [-0.3, -0.25) is 14.5 Å². The fourth-order valence-electron chi connectivity index (χ4n) is 2.80. The molecule has 0 saturated carbocycles. The Morgan fingerprint density at radius 3 is 2.35 bits per heavy atom. The van der Waals surface area contributed by atoms with Gasteiger partial charge < -0.3 is 5.32 Å². The standard InChI is InChI=1S/C17H22N2O2S2/c1-9(2)19-16(21)13(23-17(19)22)8-14(20)18-15-11(4)6-10(3)7-12(15)5/h6-7,9,13H,8H2,1-5H3,(H,18,20). The minimum absolute atomic E-state index is 0.0251. The zero-order valence-electron chi connectivity index (χ0n) is 14.1. The number of carbonyl (C=O) groups excluding carboxylic acids is 2. The van der Waals surface area contributed by atoms with Crippen molar-refractivity contribution < 1.29 is 9.59 Å². The molecule has 1 atom stereocenters. The van der Waals surface area contributed by atoms with Gasteiger partial charge in [0.05, 0.1) is 5.25 Å². The first kappa shape index (κ1) is 17.9. The molecule has 0 aliphatic carbocycles. The molecule has 2 rings (SSSR count). The van der Waals surface area contributed by atoms with Crippen LogP contribution in [0, 0.1) is 20.8 Å². The fraction of sp³-hybridized carbons (Fsp3) is 0.471. The van der Waals surface area contributed by atoms with Crippen molar-refractivity contribution in [3.05, 3.63) is 28.8 Å². The predicted octanol–water partition coefficient (Wildman–Crippen LogP) is 3.58. The van der Waals surface area contributed by atoms with Crippen LogP contribution < -0.4 is 5.32 Å². The lowest BCUT2D eigenvalue weighted by atomic mass is 10.0. The third-order valence-electron chi connectivity index (χ3n) is 3.78. The molecule has 0 aromatic heterocycles. The first-order valence-electron chi connectivity index (χ1n) is 7.62. The lowest BCUT2D eigenvalue weighted by Crippen LogP contribution is -2.37. The smallest absolute Gasteiger partial charge is 0.242 e. The van der Waals surface area contributed by atoms with E-state index in [1.54, 1.807) is 4.90 Å². The normalized spacial score (nSPS) is 18.0. The Bertz CT molecular complexity index is 648. The van der Waals surface area contributed by atoms with Gasteiger partial charge in [0, 0.05) is 18.2 Å². The van der Waals surface area contributed by atoms with Crippen molar-refractivity contribution in [1.29, 1.82) is 0 Å². The van der Waals surface area contributed by atoms with Crippen LogP contribution in [-0.4, -0.2) is 32.3 Å². The highest BCUT2D eigenvalue weighted by Gasteiger charge is 2.39. The first-order valence-corrected chi connectivity index (χ1v) is 8.91. The summed E-state index contributed by atoms with van der Waals surface area (Å²) in [5.41, 5.74) is 4.05. The molecule has 0 radical (unpaired) electrons. The van der Waals surface area contributed by atoms with E-state index in [-0.39, 0.29) is 24.3 Å². The zero-order valence-corrected chi connectivity index (χ0v) is 15.7. The van der Waals surface area contributed by atoms with Crippen molar-refractivity contribution in [2.45, 2.75) is 52.3 Å². The van der Waals surface area contributed by atoms with Crippen LogP contribution in [0.15, 0.2) is 12.1 Å². The molecule has 1 heterocycles. The summed E-state index contributed by atoms with van der Waals surface area (Å²) in [6.45, 7) is 9.82. The van der Waals surface area contributed by atoms with Crippen LogP contribution in [0.3, 0.4) is 0 Å². The lowest BCUT2D eigenvalue weighted by molar-refractivity contribution is -0.129. The van der Waals surface area contributed by atoms with Gasteiger partial charge in [0.1, 0.15) is 4.32 Å². The van der Waals surface area contributed by atoms with E-state index in [2.05, 4.69) is 5.32 Å². The predicted molar refractivity (Wildman–Crippen MR) is 99.9 cm³/mol. The molecule has 1 aromatic rings. The van der Waals surface area contributed by atoms with Gasteiger partial charge in [0.25, 0.3) is 0 Å². The molecule has 1 N–H and O–H groups in total. The maximum absolute atomic E-state index is 12.4. The van der Waals surface area contributed by atoms with Crippen LogP contribution in [0.5, 0.6) is 0 Å². The molecule has 1 aliphatic rings. The highest BCUT2D eigenvalue weighted by molar-refractivity contribution is 8.24. The molecule has 4 nitrogen and oxygen atoms in total. The van der Waals surface area contributed by atoms with Crippen molar-refractivity contribution in [3.8, 4) is 0 Å². The molecule has 0 spiro atoms. The van der Waals surface area contributed by atoms with Crippen molar-refractivity contribution in [1.82, 2.24) is 4.90 Å². The van der Waals surface area contributed by atoms with Gasteiger partial charge in [-0.1, -0.05) is 41.7 Å². The third kappa shape index (κ3) is 3.93. The van der Waals surface area contributed by atoms with Gasteiger partial charge in [-0.15, -0.1) is 0 Å². The number of thiocarbonyl (C=S) groups is 1. The number of carbonyl (C=O) groups is 2. The Kier molecular flexibility index (Phi) is 5.47. The Morgan fingerprint density at radius 1 is 1.30 bits per heavy atom. The molecule has 1 aliphatic heterocycles. The van der Waals surface area contributed by atoms with E-state index < -0.39 is 5.25 Å². The van der Waals surface area contributed by atoms with E-state index in [0.717, 1.165) is 22.4 Å². The monoisotopic (exact) mass is 350 g/mol. The van der Waals surface area contributed by atoms with Gasteiger partial charge in [-0.25, -0.2) is 0 Å². The summed E-state index contributed by atoms with van der Waals surface area (Å²) in [7, 11) is 0. The van der Waals surface area contributed by atoms with Gasteiger partial charge in [-0.2, -0.15) is 0 Å². The number of aryl methyl sites for hydroxylation is 3. The molecular weight excluding hydrogens is 328 g/mol. The second-order valence-electron chi connectivity index (χ2n) is 6.20. The minimum Gasteiger partial charge on any atom is -0.326 e. The Morgan fingerprint density at radius 2 is 1.87 bits per heavy atom. The van der Waals surface area contributed by atoms with Crippen LogP contribution in [0.2, 0.25) is 0 Å². The highest BCUT2D eigenvalue weighted by atomic mass is 32.2. The topological polar surface area (TPSA) is 49.4 Å². The summed E-state index contributed by atoms with van der Waals surface area (Å²) in [6, 6.07) is 4.10. The Labute approximate surface area is 147 Å². The SMILES string of the molecule is Cc1cc(C)c(NC(=O)CC2SC(=S)N(C(C)C)C2=O)c(C)c1. The molecule has 1 fully saturated rings. The summed E-state index contributed by atoms with van der Waals surface area (Å²) in [4.78, 5) is 26.3. The van der Waals surface area contributed by atoms with E-state index in [1.807, 2.05) is 46.8 Å². The zero-order chi connectivity index (χ0) is 17.3. The summed E-state index contributed by atoms with van der Waals surface area (Å²) < 4.78 is 0.561. The van der Waals surface area contributed by atoms with Crippen LogP contribution >= 0.6 is 24.0 Å². The lowest BCUT2D eigenvalue weighted by Gasteiger charge is -2.19. The number of amides is 2. The second-order valence-corrected chi connectivity index (χ2v) is 8.04. The van der Waals surface area contributed by atoms with E-state index in [9.17, 15) is 9.59 Å². The van der Waals surface area contributed by atoms with Crippen molar-refractivity contribution >= 4 is 45.8 Å². The second kappa shape index (κ2) is 7.01. The van der Waals surface area contributed by atoms with Gasteiger partial charge in [-0.05, 0) is 45.7 Å². The third-order valence-corrected chi connectivity index (χ3v) is 5.32. The van der Waals surface area contributed by atoms with Crippen molar-refractivity contribution in [3.63, 3.8) is 0 Å². The molecule has 1 saturated heterocycles. The molecule has 124 valence electrons. The molecule has 0 bridgehead atoms. The van der Waals surface area contributed by atoms with E-state index in [1.165, 1.54) is 11.8 Å². The molecule has 1 aromatic carbocycles. The van der Waals surface area contributed by atoms with Gasteiger partial charge in [0.15, 0.2) is 0 Å². The van der Waals surface area contributed by atoms with Crippen molar-refractivity contribution in [2.24, 2.45) is 0 Å². The summed E-state index contributed by atoms with van der Waals surface area (Å²) >= 11 is 6.55. The maximum Gasteiger partial charge on any atom is 0.242 e. The average molecular weight is 351 g/mol. The summed E-state index contributed by atoms with van der Waals surface area (Å²) in [6.07, 6.45) is 0.139. The minimum atomic E-state index is -0.420. The largest absolute Gasteiger partial charge is 0.326 e. The van der Waals surface area contributed by atoms with Crippen LogP contribution in [0.4, 0.5) is 5.69 Å². The highest BCUT2D eigenvalue weighted by Crippen LogP contribution is 2.31. The number of nitrogens with zero attached hydrogens (tertiary/aromatic N) is 1. The summed E-state index contributed by atoms with van der Waals surface area (Å²) in [5.74, 6) is -0.221. The fourth-order valence-corrected chi connectivity index (χ4v) is 4.56. The number of nitrogens with one attached hydrogen (secondary N) is 1. The Hall–Kier alpha value is -1.40. The Balaban J connectivity index is 2.07. The van der Waals surface area contributed by atoms with Crippen molar-refractivity contribution in [2.75, 3.05) is 5.32 Å². The van der Waals surface area contributed by atoms with Gasteiger partial charge in [0.2, 0.25) is 11.8 Å². The first-order chi connectivity index (χ1) is 10.7. The molecular formula is C17H22N2O2S2. The average Bonchev–Trinajstić information content (AvgIpc) is 2.68. The number of hydrogen-bond donors (Lipinski definition) is 1. The number of thioether (sulfide) groups is 1. The van der Waals surface area contributed by atoms with Gasteiger partial charge >= 0.3 is 0 Å². The maximum atomic E-state index is 12.4. The molecule has 1 unspecified atom stereocenters. The number of benzene rings is 1. The molecule has 6 heteroatoms. The van der Waals surface area contributed by atoms with Crippen LogP contribution in [0.25, 0.3) is 0 Å². The van der Waals surface area contributed by atoms with E-state index >= 15 is 0 Å². The van der Waals surface area contributed by atoms with E-state index in [4.69, 9.17) is 12.2 Å². The number of anilines is 1. The summed E-state index contributed by atoms with van der Waals surface area (Å²) in [5, 5.41) is 2.53.